The zero-order chi connectivity index (χ0) is 19.6. The van der Waals surface area contributed by atoms with Crippen molar-refractivity contribution in [1.29, 1.82) is 0 Å². The molecule has 0 unspecified atom stereocenters. The third-order valence-electron chi connectivity index (χ3n) is 5.78. The monoisotopic (exact) mass is 410 g/mol. The summed E-state index contributed by atoms with van der Waals surface area (Å²) in [4.78, 5) is 1.91. The molecule has 0 bridgehead atoms. The number of ether oxygens (including phenoxy) is 2. The number of aromatic nitrogens is 2. The SMILES string of the molecule is S=c1oc(-c2ccc3c(c2)OCO3)nn1C[NH+]1CCC(Cc2ccccc2)CC1. The molecule has 1 saturated heterocycles. The number of hydrogen-bond donors (Lipinski definition) is 1. The van der Waals surface area contributed by atoms with Crippen LogP contribution in [0.5, 0.6) is 11.5 Å². The van der Waals surface area contributed by atoms with Gasteiger partial charge in [0.15, 0.2) is 18.2 Å². The predicted molar refractivity (Wildman–Crippen MR) is 110 cm³/mol. The third-order valence-corrected chi connectivity index (χ3v) is 6.07. The van der Waals surface area contributed by atoms with Gasteiger partial charge in [-0.05, 0) is 61.2 Å². The van der Waals surface area contributed by atoms with Gasteiger partial charge in [-0.2, -0.15) is 4.68 Å². The maximum absolute atomic E-state index is 5.76. The minimum Gasteiger partial charge on any atom is -0.454 e. The molecular weight excluding hydrogens is 386 g/mol. The first kappa shape index (κ1) is 18.4. The Hall–Kier alpha value is -2.64. The average molecular weight is 411 g/mol. The molecule has 1 aromatic heterocycles. The number of piperidine rings is 1. The van der Waals surface area contributed by atoms with Crippen LogP contribution < -0.4 is 14.4 Å². The molecule has 1 fully saturated rings. The van der Waals surface area contributed by atoms with Crippen LogP contribution >= 0.6 is 12.2 Å². The molecule has 6 nitrogen and oxygen atoms in total. The van der Waals surface area contributed by atoms with Crippen molar-refractivity contribution in [2.75, 3.05) is 19.9 Å². The Bertz CT molecular complexity index is 1040. The van der Waals surface area contributed by atoms with E-state index in [1.54, 1.807) is 0 Å². The summed E-state index contributed by atoms with van der Waals surface area (Å²) < 4.78 is 18.4. The molecule has 0 aliphatic carbocycles. The van der Waals surface area contributed by atoms with Crippen LogP contribution in [0.25, 0.3) is 11.5 Å². The zero-order valence-electron chi connectivity index (χ0n) is 16.2. The maximum atomic E-state index is 5.76. The van der Waals surface area contributed by atoms with E-state index in [1.165, 1.54) is 29.7 Å². The highest BCUT2D eigenvalue weighted by atomic mass is 32.1. The topological polar surface area (TPSA) is 53.9 Å². The van der Waals surface area contributed by atoms with Gasteiger partial charge in [0.2, 0.25) is 12.7 Å². The molecule has 0 radical (unpaired) electrons. The molecule has 29 heavy (non-hydrogen) atoms. The van der Waals surface area contributed by atoms with E-state index in [0.29, 0.717) is 16.5 Å². The summed E-state index contributed by atoms with van der Waals surface area (Å²) >= 11 is 5.42. The van der Waals surface area contributed by atoms with E-state index in [9.17, 15) is 0 Å². The van der Waals surface area contributed by atoms with Crippen molar-refractivity contribution in [2.24, 2.45) is 5.92 Å². The van der Waals surface area contributed by atoms with Crippen LogP contribution in [0.4, 0.5) is 0 Å². The van der Waals surface area contributed by atoms with Crippen LogP contribution in [-0.4, -0.2) is 29.7 Å². The van der Waals surface area contributed by atoms with Crippen molar-refractivity contribution in [3.63, 3.8) is 0 Å². The van der Waals surface area contributed by atoms with E-state index < -0.39 is 0 Å². The first-order chi connectivity index (χ1) is 14.2. The lowest BCUT2D eigenvalue weighted by molar-refractivity contribution is -0.929. The summed E-state index contributed by atoms with van der Waals surface area (Å²) in [7, 11) is 0. The summed E-state index contributed by atoms with van der Waals surface area (Å²) in [6, 6.07) is 16.5. The van der Waals surface area contributed by atoms with Crippen LogP contribution in [0.3, 0.4) is 0 Å². The number of likely N-dealkylation sites (tertiary alicyclic amines) is 1. The lowest BCUT2D eigenvalue weighted by Crippen LogP contribution is -3.12. The highest BCUT2D eigenvalue weighted by Crippen LogP contribution is 2.35. The summed E-state index contributed by atoms with van der Waals surface area (Å²) in [5.41, 5.74) is 2.28. The molecule has 1 N–H and O–H groups in total. The zero-order valence-corrected chi connectivity index (χ0v) is 17.0. The largest absolute Gasteiger partial charge is 0.454 e. The fourth-order valence-electron chi connectivity index (χ4n) is 4.16. The van der Waals surface area contributed by atoms with Gasteiger partial charge in [-0.25, -0.2) is 0 Å². The van der Waals surface area contributed by atoms with Gasteiger partial charge in [-0.3, -0.25) is 0 Å². The Morgan fingerprint density at radius 2 is 1.83 bits per heavy atom. The number of rotatable bonds is 5. The second-order valence-electron chi connectivity index (χ2n) is 7.78. The Labute approximate surface area is 174 Å². The highest BCUT2D eigenvalue weighted by molar-refractivity contribution is 7.71. The van der Waals surface area contributed by atoms with Crippen LogP contribution in [0.15, 0.2) is 52.9 Å². The molecule has 3 aromatic rings. The second-order valence-corrected chi connectivity index (χ2v) is 8.13. The molecule has 2 aromatic carbocycles. The number of fused-ring (bicyclic) bond motifs is 1. The first-order valence-electron chi connectivity index (χ1n) is 10.1. The van der Waals surface area contributed by atoms with Gasteiger partial charge in [0.25, 0.3) is 4.84 Å². The number of nitrogens with one attached hydrogen (secondary N) is 1. The molecule has 2 aliphatic heterocycles. The molecule has 0 amide bonds. The Balaban J connectivity index is 1.21. The quantitative estimate of drug-likeness (QED) is 0.655. The van der Waals surface area contributed by atoms with Crippen molar-refractivity contribution in [1.82, 2.24) is 9.78 Å². The normalized spacial score (nSPS) is 20.7. The van der Waals surface area contributed by atoms with E-state index in [2.05, 4.69) is 35.4 Å². The first-order valence-corrected chi connectivity index (χ1v) is 10.5. The number of quaternary nitrogens is 1. The molecule has 5 rings (SSSR count). The lowest BCUT2D eigenvalue weighted by atomic mass is 9.90. The van der Waals surface area contributed by atoms with E-state index in [0.717, 1.165) is 37.0 Å². The molecule has 3 heterocycles. The van der Waals surface area contributed by atoms with Crippen LogP contribution in [0.2, 0.25) is 0 Å². The molecule has 7 heteroatoms. The predicted octanol–water partition coefficient (Wildman–Crippen LogP) is 3.10. The van der Waals surface area contributed by atoms with Crippen molar-refractivity contribution in [3.05, 3.63) is 58.9 Å². The standard InChI is InChI=1S/C22H23N3O3S/c29-22-25(23-21(28-22)18-6-7-19-20(13-18)27-15-26-19)14-24-10-8-17(9-11-24)12-16-4-2-1-3-5-16/h1-7,13,17H,8-12,14-15H2/p+1. The fourth-order valence-corrected chi connectivity index (χ4v) is 4.34. The van der Waals surface area contributed by atoms with E-state index in [4.69, 9.17) is 26.1 Å². The van der Waals surface area contributed by atoms with E-state index in [-0.39, 0.29) is 6.79 Å². The molecule has 0 spiro atoms. The van der Waals surface area contributed by atoms with Crippen molar-refractivity contribution in [2.45, 2.75) is 25.9 Å². The van der Waals surface area contributed by atoms with Gasteiger partial charge in [0.1, 0.15) is 0 Å². The maximum Gasteiger partial charge on any atom is 0.292 e. The summed E-state index contributed by atoms with van der Waals surface area (Å²) in [5.74, 6) is 2.74. The molecule has 2 aliphatic rings. The summed E-state index contributed by atoms with van der Waals surface area (Å²) in [6.07, 6.45) is 3.63. The van der Waals surface area contributed by atoms with Gasteiger partial charge < -0.3 is 18.8 Å². The van der Waals surface area contributed by atoms with Gasteiger partial charge >= 0.3 is 0 Å². The van der Waals surface area contributed by atoms with Crippen LogP contribution in [0, 0.1) is 10.8 Å². The number of nitrogens with zero attached hydrogens (tertiary/aromatic N) is 2. The van der Waals surface area contributed by atoms with Gasteiger partial charge in [0.05, 0.1) is 13.1 Å². The van der Waals surface area contributed by atoms with Gasteiger partial charge in [-0.15, -0.1) is 5.10 Å². The van der Waals surface area contributed by atoms with E-state index >= 15 is 0 Å². The fraction of sp³-hybridized carbons (Fsp3) is 0.364. The summed E-state index contributed by atoms with van der Waals surface area (Å²) in [5, 5.41) is 4.62. The van der Waals surface area contributed by atoms with Crippen LogP contribution in [0.1, 0.15) is 18.4 Å². The molecular formula is C22H24N3O3S+. The van der Waals surface area contributed by atoms with Crippen molar-refractivity contribution >= 4 is 12.2 Å². The highest BCUT2D eigenvalue weighted by Gasteiger charge is 2.24. The Kier molecular flexibility index (Phi) is 5.08. The third kappa shape index (κ3) is 4.06. The number of hydrogen-bond acceptors (Lipinski definition) is 5. The van der Waals surface area contributed by atoms with Crippen LogP contribution in [-0.2, 0) is 13.1 Å². The molecule has 0 saturated carbocycles. The summed E-state index contributed by atoms with van der Waals surface area (Å²) in [6.45, 7) is 3.25. The minimum atomic E-state index is 0.250. The Morgan fingerprint density at radius 3 is 2.66 bits per heavy atom. The van der Waals surface area contributed by atoms with Crippen molar-refractivity contribution < 1.29 is 18.8 Å². The van der Waals surface area contributed by atoms with Crippen molar-refractivity contribution in [3.8, 4) is 23.0 Å². The Morgan fingerprint density at radius 1 is 1.03 bits per heavy atom. The van der Waals surface area contributed by atoms with E-state index in [1.807, 2.05) is 22.9 Å². The lowest BCUT2D eigenvalue weighted by Gasteiger charge is -2.28. The van der Waals surface area contributed by atoms with Gasteiger partial charge in [0, 0.05) is 5.56 Å². The average Bonchev–Trinajstić information content (AvgIpc) is 3.36. The molecule has 0 atom stereocenters. The number of benzene rings is 2. The molecule has 150 valence electrons. The van der Waals surface area contributed by atoms with Gasteiger partial charge in [-0.1, -0.05) is 30.3 Å². The second kappa shape index (κ2) is 8.00. The minimum absolute atomic E-state index is 0.250. The smallest absolute Gasteiger partial charge is 0.292 e.